The summed E-state index contributed by atoms with van der Waals surface area (Å²) in [5.74, 6) is 0.573. The average Bonchev–Trinajstić information content (AvgIpc) is 2.85. The van der Waals surface area contributed by atoms with Gasteiger partial charge in [0.25, 0.3) is 5.56 Å². The molecule has 1 saturated carbocycles. The molecule has 0 spiro atoms. The molecular weight excluding hydrogens is 264 g/mol. The first-order valence-electron chi connectivity index (χ1n) is 7.91. The fourth-order valence-corrected chi connectivity index (χ4v) is 3.67. The van der Waals surface area contributed by atoms with E-state index < -0.39 is 0 Å². The van der Waals surface area contributed by atoms with Crippen LogP contribution in [0.3, 0.4) is 0 Å². The van der Waals surface area contributed by atoms with Crippen LogP contribution in [-0.2, 0) is 13.1 Å². The summed E-state index contributed by atoms with van der Waals surface area (Å²) in [6, 6.07) is 0. The van der Waals surface area contributed by atoms with Gasteiger partial charge in [0.1, 0.15) is 5.52 Å². The molecule has 1 aliphatic rings. The fraction of sp³-hybridized carbons (Fsp3) is 0.688. The van der Waals surface area contributed by atoms with Gasteiger partial charge in [-0.1, -0.05) is 20.3 Å². The molecule has 1 unspecified atom stereocenters. The summed E-state index contributed by atoms with van der Waals surface area (Å²) < 4.78 is 3.52. The third-order valence-electron chi connectivity index (χ3n) is 4.68. The third-order valence-corrected chi connectivity index (χ3v) is 4.68. The van der Waals surface area contributed by atoms with Crippen LogP contribution in [0.25, 0.3) is 11.0 Å². The van der Waals surface area contributed by atoms with Crippen LogP contribution in [0.5, 0.6) is 0 Å². The SMILES string of the molecule is CCn1ncc2ncn(CC3CCCC(C)(C)C3)c(=O)c21. The Morgan fingerprint density at radius 3 is 2.95 bits per heavy atom. The normalized spacial score (nSPS) is 21.8. The third kappa shape index (κ3) is 2.74. The van der Waals surface area contributed by atoms with Crippen LogP contribution in [0.4, 0.5) is 0 Å². The maximum Gasteiger partial charge on any atom is 0.279 e. The number of hydrogen-bond acceptors (Lipinski definition) is 3. The van der Waals surface area contributed by atoms with Crippen molar-refractivity contribution in [3.05, 3.63) is 22.9 Å². The van der Waals surface area contributed by atoms with Gasteiger partial charge in [-0.15, -0.1) is 0 Å². The van der Waals surface area contributed by atoms with Crippen molar-refractivity contribution in [1.82, 2.24) is 19.3 Å². The van der Waals surface area contributed by atoms with Crippen LogP contribution in [-0.4, -0.2) is 19.3 Å². The Kier molecular flexibility index (Phi) is 3.59. The summed E-state index contributed by atoms with van der Waals surface area (Å²) in [5.41, 5.74) is 1.77. The van der Waals surface area contributed by atoms with Crippen molar-refractivity contribution in [3.8, 4) is 0 Å². The maximum atomic E-state index is 12.7. The van der Waals surface area contributed by atoms with Crippen LogP contribution in [0, 0.1) is 11.3 Å². The highest BCUT2D eigenvalue weighted by Gasteiger charge is 2.28. The summed E-state index contributed by atoms with van der Waals surface area (Å²) in [5, 5.41) is 4.23. The molecule has 5 nitrogen and oxygen atoms in total. The predicted molar refractivity (Wildman–Crippen MR) is 83.2 cm³/mol. The molecule has 2 aromatic rings. The van der Waals surface area contributed by atoms with Gasteiger partial charge in [0, 0.05) is 13.1 Å². The van der Waals surface area contributed by atoms with Gasteiger partial charge in [0.2, 0.25) is 0 Å². The molecule has 114 valence electrons. The first kappa shape index (κ1) is 14.3. The monoisotopic (exact) mass is 288 g/mol. The van der Waals surface area contributed by atoms with Crippen molar-refractivity contribution in [2.45, 2.75) is 59.5 Å². The standard InChI is InChI=1S/C16H24N4O/c1-4-20-14-13(9-18-20)17-11-19(15(14)21)10-12-6-5-7-16(2,3)8-12/h9,11-12H,4-8,10H2,1-3H3. The van der Waals surface area contributed by atoms with Crippen molar-refractivity contribution >= 4 is 11.0 Å². The van der Waals surface area contributed by atoms with Gasteiger partial charge >= 0.3 is 0 Å². The van der Waals surface area contributed by atoms with Gasteiger partial charge in [-0.3, -0.25) is 14.0 Å². The van der Waals surface area contributed by atoms with Crippen molar-refractivity contribution in [3.63, 3.8) is 0 Å². The lowest BCUT2D eigenvalue weighted by atomic mass is 9.72. The molecule has 0 saturated heterocycles. The Morgan fingerprint density at radius 1 is 1.43 bits per heavy atom. The van der Waals surface area contributed by atoms with Gasteiger partial charge < -0.3 is 0 Å². The Balaban J connectivity index is 1.91. The number of fused-ring (bicyclic) bond motifs is 1. The zero-order valence-corrected chi connectivity index (χ0v) is 13.2. The first-order chi connectivity index (χ1) is 10.00. The second-order valence-electron chi connectivity index (χ2n) is 7.02. The zero-order valence-electron chi connectivity index (χ0n) is 13.2. The van der Waals surface area contributed by atoms with E-state index in [1.54, 1.807) is 21.8 Å². The van der Waals surface area contributed by atoms with E-state index in [1.807, 2.05) is 6.92 Å². The van der Waals surface area contributed by atoms with Gasteiger partial charge in [0.15, 0.2) is 5.52 Å². The van der Waals surface area contributed by atoms with E-state index in [0.717, 1.165) is 6.54 Å². The van der Waals surface area contributed by atoms with E-state index in [4.69, 9.17) is 0 Å². The molecule has 0 amide bonds. The molecule has 0 N–H and O–H groups in total. The maximum absolute atomic E-state index is 12.7. The van der Waals surface area contributed by atoms with Crippen LogP contribution in [0.2, 0.25) is 0 Å². The van der Waals surface area contributed by atoms with Gasteiger partial charge in [0.05, 0.1) is 12.5 Å². The van der Waals surface area contributed by atoms with Crippen molar-refractivity contribution in [1.29, 1.82) is 0 Å². The lowest BCUT2D eigenvalue weighted by Gasteiger charge is -2.35. The van der Waals surface area contributed by atoms with Crippen molar-refractivity contribution in [2.24, 2.45) is 11.3 Å². The molecule has 5 heteroatoms. The molecule has 0 aromatic carbocycles. The molecule has 21 heavy (non-hydrogen) atoms. The Hall–Kier alpha value is -1.65. The number of aromatic nitrogens is 4. The summed E-state index contributed by atoms with van der Waals surface area (Å²) in [6.07, 6.45) is 8.31. The van der Waals surface area contributed by atoms with Crippen molar-refractivity contribution < 1.29 is 0 Å². The minimum absolute atomic E-state index is 0.0442. The summed E-state index contributed by atoms with van der Waals surface area (Å²) in [6.45, 7) is 8.12. The van der Waals surface area contributed by atoms with E-state index in [-0.39, 0.29) is 5.56 Å². The zero-order chi connectivity index (χ0) is 15.0. The lowest BCUT2D eigenvalue weighted by molar-refractivity contribution is 0.165. The molecule has 3 rings (SSSR count). The van der Waals surface area contributed by atoms with Crippen LogP contribution < -0.4 is 5.56 Å². The minimum atomic E-state index is 0.0442. The average molecular weight is 288 g/mol. The molecule has 1 atom stereocenters. The molecule has 2 aromatic heterocycles. The van der Waals surface area contributed by atoms with Crippen LogP contribution in [0.15, 0.2) is 17.3 Å². The van der Waals surface area contributed by atoms with E-state index >= 15 is 0 Å². The lowest BCUT2D eigenvalue weighted by Crippen LogP contribution is -2.30. The largest absolute Gasteiger partial charge is 0.297 e. The second-order valence-corrected chi connectivity index (χ2v) is 7.02. The highest BCUT2D eigenvalue weighted by atomic mass is 16.1. The summed E-state index contributed by atoms with van der Waals surface area (Å²) in [4.78, 5) is 17.1. The molecule has 2 heterocycles. The van der Waals surface area contributed by atoms with Crippen LogP contribution in [0.1, 0.15) is 46.5 Å². The van der Waals surface area contributed by atoms with E-state index in [1.165, 1.54) is 25.7 Å². The Bertz CT molecular complexity index is 698. The number of hydrogen-bond donors (Lipinski definition) is 0. The smallest absolute Gasteiger partial charge is 0.279 e. The summed E-state index contributed by atoms with van der Waals surface area (Å²) in [7, 11) is 0. The minimum Gasteiger partial charge on any atom is -0.297 e. The molecular formula is C16H24N4O. The Labute approximate surface area is 125 Å². The second kappa shape index (κ2) is 5.28. The van der Waals surface area contributed by atoms with E-state index in [9.17, 15) is 4.79 Å². The van der Waals surface area contributed by atoms with E-state index in [0.29, 0.717) is 28.9 Å². The van der Waals surface area contributed by atoms with Crippen molar-refractivity contribution in [2.75, 3.05) is 0 Å². The number of aryl methyl sites for hydroxylation is 1. The van der Waals surface area contributed by atoms with Crippen LogP contribution >= 0.6 is 0 Å². The fourth-order valence-electron chi connectivity index (χ4n) is 3.67. The van der Waals surface area contributed by atoms with Gasteiger partial charge in [-0.05, 0) is 37.5 Å². The number of nitrogens with zero attached hydrogens (tertiary/aromatic N) is 4. The Morgan fingerprint density at radius 2 is 2.24 bits per heavy atom. The van der Waals surface area contributed by atoms with E-state index in [2.05, 4.69) is 23.9 Å². The predicted octanol–water partition coefficient (Wildman–Crippen LogP) is 2.83. The first-order valence-corrected chi connectivity index (χ1v) is 7.91. The molecule has 0 bridgehead atoms. The van der Waals surface area contributed by atoms with Gasteiger partial charge in [-0.2, -0.15) is 5.10 Å². The molecule has 1 fully saturated rings. The topological polar surface area (TPSA) is 52.7 Å². The molecule has 1 aliphatic carbocycles. The molecule has 0 aliphatic heterocycles. The summed E-state index contributed by atoms with van der Waals surface area (Å²) >= 11 is 0. The highest BCUT2D eigenvalue weighted by molar-refractivity contribution is 5.72. The van der Waals surface area contributed by atoms with Gasteiger partial charge in [-0.25, -0.2) is 4.98 Å². The quantitative estimate of drug-likeness (QED) is 0.872. The molecule has 0 radical (unpaired) electrons. The number of rotatable bonds is 3. The highest BCUT2D eigenvalue weighted by Crippen LogP contribution is 2.38.